The van der Waals surface area contributed by atoms with Gasteiger partial charge in [-0.15, -0.1) is 0 Å². The zero-order valence-corrected chi connectivity index (χ0v) is 15.8. The van der Waals surface area contributed by atoms with Crippen molar-refractivity contribution in [3.05, 3.63) is 64.4 Å². The maximum absolute atomic E-state index is 11.9. The van der Waals surface area contributed by atoms with Gasteiger partial charge in [0, 0.05) is 30.9 Å². The molecule has 0 fully saturated rings. The summed E-state index contributed by atoms with van der Waals surface area (Å²) in [4.78, 5) is 28.7. The molecule has 0 spiro atoms. The summed E-state index contributed by atoms with van der Waals surface area (Å²) in [5, 5.41) is 21.6. The molecular formula is C20H20ClN3O4. The maximum Gasteiger partial charge on any atom is 0.322 e. The van der Waals surface area contributed by atoms with E-state index in [4.69, 9.17) is 16.7 Å². The van der Waals surface area contributed by atoms with Gasteiger partial charge in [-0.05, 0) is 41.3 Å². The Kier molecular flexibility index (Phi) is 6.28. The number of benzene rings is 1. The third-order valence-corrected chi connectivity index (χ3v) is 4.72. The third-order valence-electron chi connectivity index (χ3n) is 4.47. The van der Waals surface area contributed by atoms with Gasteiger partial charge >= 0.3 is 5.97 Å². The van der Waals surface area contributed by atoms with Crippen LogP contribution in [0, 0.1) is 0 Å². The van der Waals surface area contributed by atoms with Crippen molar-refractivity contribution in [1.82, 2.24) is 15.2 Å². The maximum atomic E-state index is 11.9. The number of pyridine rings is 1. The lowest BCUT2D eigenvalue weighted by Gasteiger charge is -2.26. The van der Waals surface area contributed by atoms with Gasteiger partial charge in [0.05, 0.1) is 0 Å². The predicted molar refractivity (Wildman–Crippen MR) is 105 cm³/mol. The van der Waals surface area contributed by atoms with Crippen LogP contribution in [0.2, 0.25) is 5.02 Å². The van der Waals surface area contributed by atoms with Crippen molar-refractivity contribution in [3.63, 3.8) is 0 Å². The molecule has 3 N–H and O–H groups in total. The number of carbonyl (C=O) groups is 2. The number of nitrogens with one attached hydrogen (secondary N) is 1. The molecular weight excluding hydrogens is 382 g/mol. The topological polar surface area (TPSA) is 103 Å². The van der Waals surface area contributed by atoms with Crippen LogP contribution in [0.3, 0.4) is 0 Å². The fourth-order valence-corrected chi connectivity index (χ4v) is 3.13. The van der Waals surface area contributed by atoms with E-state index in [2.05, 4.69) is 21.3 Å². The van der Waals surface area contributed by atoms with E-state index < -0.39 is 18.4 Å². The molecule has 2 heterocycles. The van der Waals surface area contributed by atoms with Crippen LogP contribution in [0.1, 0.15) is 28.0 Å². The first kappa shape index (κ1) is 19.9. The predicted octanol–water partition coefficient (Wildman–Crippen LogP) is 2.54. The van der Waals surface area contributed by atoms with Crippen molar-refractivity contribution in [1.29, 1.82) is 0 Å². The number of aliphatic carboxylic acids is 1. The monoisotopic (exact) mass is 401 g/mol. The van der Waals surface area contributed by atoms with Gasteiger partial charge in [0.25, 0.3) is 5.91 Å². The van der Waals surface area contributed by atoms with Gasteiger partial charge in [-0.2, -0.15) is 0 Å². The number of rotatable bonds is 6. The van der Waals surface area contributed by atoms with Crippen molar-refractivity contribution < 1.29 is 19.8 Å². The van der Waals surface area contributed by atoms with Gasteiger partial charge < -0.3 is 15.5 Å². The van der Waals surface area contributed by atoms with Gasteiger partial charge in [-0.1, -0.05) is 29.8 Å². The molecule has 1 aromatic carbocycles. The zero-order valence-electron chi connectivity index (χ0n) is 15.1. The summed E-state index contributed by atoms with van der Waals surface area (Å²) in [6, 6.07) is 9.27. The molecule has 146 valence electrons. The number of carboxylic acids is 1. The smallest absolute Gasteiger partial charge is 0.322 e. The van der Waals surface area contributed by atoms with Crippen molar-refractivity contribution >= 4 is 29.1 Å². The molecule has 0 unspecified atom stereocenters. The Morgan fingerprint density at radius 2 is 2.00 bits per heavy atom. The number of nitrogens with zero attached hydrogens (tertiary/aromatic N) is 2. The second-order valence-corrected chi connectivity index (χ2v) is 6.95. The molecule has 1 aliphatic heterocycles. The Labute approximate surface area is 167 Å². The quantitative estimate of drug-likeness (QED) is 0.687. The molecule has 0 saturated heterocycles. The third kappa shape index (κ3) is 5.09. The molecule has 8 heteroatoms. The van der Waals surface area contributed by atoms with Crippen molar-refractivity contribution in [2.75, 3.05) is 19.6 Å². The van der Waals surface area contributed by atoms with E-state index in [1.807, 2.05) is 24.3 Å². The van der Waals surface area contributed by atoms with Crippen LogP contribution >= 0.6 is 11.6 Å². The van der Waals surface area contributed by atoms with Gasteiger partial charge in [-0.3, -0.25) is 14.5 Å². The molecule has 0 radical (unpaired) electrons. The molecule has 3 rings (SSSR count). The van der Waals surface area contributed by atoms with E-state index in [0.717, 1.165) is 42.2 Å². The first-order valence-electron chi connectivity index (χ1n) is 8.77. The highest BCUT2D eigenvalue weighted by atomic mass is 35.5. The van der Waals surface area contributed by atoms with Crippen LogP contribution in [0.5, 0.6) is 5.75 Å². The molecule has 0 atom stereocenters. The Morgan fingerprint density at radius 3 is 2.61 bits per heavy atom. The molecule has 1 amide bonds. The summed E-state index contributed by atoms with van der Waals surface area (Å²) >= 11 is 5.92. The van der Waals surface area contributed by atoms with E-state index >= 15 is 0 Å². The molecule has 28 heavy (non-hydrogen) atoms. The van der Waals surface area contributed by atoms with Crippen molar-refractivity contribution in [3.8, 4) is 5.75 Å². The van der Waals surface area contributed by atoms with Crippen LogP contribution in [0.15, 0.2) is 42.6 Å². The number of amides is 1. The molecule has 0 saturated carbocycles. The summed E-state index contributed by atoms with van der Waals surface area (Å²) in [6.07, 6.45) is 4.40. The molecule has 1 aliphatic rings. The SMILES string of the molecule is O=C(O)CNC(=O)c1ncc(C2=CCN(Cc3ccc(Cl)cc3)CC2)cc1O. The summed E-state index contributed by atoms with van der Waals surface area (Å²) < 4.78 is 0. The minimum atomic E-state index is -1.17. The Balaban J connectivity index is 1.63. The van der Waals surface area contributed by atoms with Crippen LogP contribution in [-0.4, -0.2) is 51.6 Å². The summed E-state index contributed by atoms with van der Waals surface area (Å²) in [7, 11) is 0. The van der Waals surface area contributed by atoms with Crippen LogP contribution in [-0.2, 0) is 11.3 Å². The summed E-state index contributed by atoms with van der Waals surface area (Å²) in [5.41, 5.74) is 2.80. The minimum absolute atomic E-state index is 0.189. The Morgan fingerprint density at radius 1 is 1.25 bits per heavy atom. The minimum Gasteiger partial charge on any atom is -0.505 e. The lowest BCUT2D eigenvalue weighted by atomic mass is 10.00. The molecule has 7 nitrogen and oxygen atoms in total. The summed E-state index contributed by atoms with van der Waals surface area (Å²) in [5.74, 6) is -2.16. The first-order chi connectivity index (χ1) is 13.4. The number of halogens is 1. The molecule has 0 bridgehead atoms. The molecule has 0 aliphatic carbocycles. The van der Waals surface area contributed by atoms with Gasteiger partial charge in [0.2, 0.25) is 0 Å². The van der Waals surface area contributed by atoms with E-state index in [1.54, 1.807) is 0 Å². The van der Waals surface area contributed by atoms with Crippen LogP contribution in [0.25, 0.3) is 5.57 Å². The number of carbonyl (C=O) groups excluding carboxylic acids is 1. The highest BCUT2D eigenvalue weighted by molar-refractivity contribution is 6.30. The van der Waals surface area contributed by atoms with Crippen LogP contribution in [0.4, 0.5) is 0 Å². The van der Waals surface area contributed by atoms with Crippen molar-refractivity contribution in [2.45, 2.75) is 13.0 Å². The molecule has 1 aromatic heterocycles. The van der Waals surface area contributed by atoms with E-state index in [9.17, 15) is 14.7 Å². The first-order valence-corrected chi connectivity index (χ1v) is 9.15. The highest BCUT2D eigenvalue weighted by Crippen LogP contribution is 2.26. The number of carboxylic acid groups (broad SMARTS) is 1. The highest BCUT2D eigenvalue weighted by Gasteiger charge is 2.18. The number of hydrogen-bond donors (Lipinski definition) is 3. The van der Waals surface area contributed by atoms with E-state index in [0.29, 0.717) is 0 Å². The second kappa shape index (κ2) is 8.86. The van der Waals surface area contributed by atoms with Gasteiger partial charge in [0.15, 0.2) is 5.69 Å². The fraction of sp³-hybridized carbons (Fsp3) is 0.250. The molecule has 2 aromatic rings. The Hall–Kier alpha value is -2.90. The normalized spacial score (nSPS) is 14.4. The lowest BCUT2D eigenvalue weighted by Crippen LogP contribution is -2.30. The van der Waals surface area contributed by atoms with Crippen molar-refractivity contribution in [2.24, 2.45) is 0 Å². The zero-order chi connectivity index (χ0) is 20.1. The largest absolute Gasteiger partial charge is 0.505 e. The van der Waals surface area contributed by atoms with E-state index in [1.165, 1.54) is 17.8 Å². The average Bonchev–Trinajstić information content (AvgIpc) is 2.68. The lowest BCUT2D eigenvalue weighted by molar-refractivity contribution is -0.135. The van der Waals surface area contributed by atoms with Gasteiger partial charge in [0.1, 0.15) is 12.3 Å². The summed E-state index contributed by atoms with van der Waals surface area (Å²) in [6.45, 7) is 1.92. The number of aromatic hydroxyl groups is 1. The second-order valence-electron chi connectivity index (χ2n) is 6.51. The van der Waals surface area contributed by atoms with E-state index in [-0.39, 0.29) is 11.4 Å². The number of aromatic nitrogens is 1. The van der Waals surface area contributed by atoms with Crippen LogP contribution < -0.4 is 5.32 Å². The number of hydrogen-bond acceptors (Lipinski definition) is 5. The fourth-order valence-electron chi connectivity index (χ4n) is 3.01. The standard InChI is InChI=1S/C20H20ClN3O4/c21-16-3-1-13(2-4-16)12-24-7-5-14(6-8-24)15-9-17(25)19(22-10-15)20(28)23-11-18(26)27/h1-5,9-10,25H,6-8,11-12H2,(H,23,28)(H,26,27). The van der Waals surface area contributed by atoms with Gasteiger partial charge in [-0.25, -0.2) is 4.98 Å². The average molecular weight is 402 g/mol. The Bertz CT molecular complexity index is 912.